The predicted octanol–water partition coefficient (Wildman–Crippen LogP) is 3.12. The van der Waals surface area contributed by atoms with E-state index in [1.807, 2.05) is 27.9 Å². The number of likely N-dealkylation sites (tertiary alicyclic amines) is 1. The number of halogens is 1. The molecule has 2 rings (SSSR count). The lowest BCUT2D eigenvalue weighted by molar-refractivity contribution is 0.216. The van der Waals surface area contributed by atoms with Gasteiger partial charge in [0.1, 0.15) is 11.6 Å². The highest BCUT2D eigenvalue weighted by atomic mass is 32.2. The maximum atomic E-state index is 14.2. The molecular weight excluding hydrogens is 329 g/mol. The summed E-state index contributed by atoms with van der Waals surface area (Å²) < 4.78 is 19.6. The van der Waals surface area contributed by atoms with Crippen LogP contribution in [0, 0.1) is 5.82 Å². The zero-order valence-corrected chi connectivity index (χ0v) is 15.7. The van der Waals surface area contributed by atoms with Crippen LogP contribution >= 0.6 is 11.8 Å². The molecule has 1 N–H and O–H groups in total. The quantitative estimate of drug-likeness (QED) is 0.881. The Morgan fingerprint density at radius 2 is 2.12 bits per heavy atom. The van der Waals surface area contributed by atoms with E-state index in [-0.39, 0.29) is 17.8 Å². The summed E-state index contributed by atoms with van der Waals surface area (Å²) in [6.45, 7) is 5.06. The van der Waals surface area contributed by atoms with Crippen LogP contribution in [0.3, 0.4) is 0 Å². The first-order valence-electron chi connectivity index (χ1n) is 8.03. The van der Waals surface area contributed by atoms with Crippen molar-refractivity contribution in [1.29, 1.82) is 0 Å². The fourth-order valence-corrected chi connectivity index (χ4v) is 3.76. The number of benzene rings is 1. The molecule has 0 aliphatic carbocycles. The van der Waals surface area contributed by atoms with Crippen molar-refractivity contribution in [3.63, 3.8) is 0 Å². The molecule has 2 atom stereocenters. The number of carbonyl (C=O) groups excluding carboxylic acids is 1. The Bertz CT molecular complexity index is 583. The van der Waals surface area contributed by atoms with E-state index in [2.05, 4.69) is 16.5 Å². The topological polar surface area (TPSA) is 44.8 Å². The number of likely N-dealkylation sites (N-methyl/N-ethyl adjacent to an activating group) is 1. The lowest BCUT2D eigenvalue weighted by Gasteiger charge is -2.23. The summed E-state index contributed by atoms with van der Waals surface area (Å²) in [7, 11) is 4.03. The molecule has 0 radical (unpaired) electrons. The number of anilines is 1. The van der Waals surface area contributed by atoms with Crippen LogP contribution in [0.4, 0.5) is 14.9 Å². The van der Waals surface area contributed by atoms with Crippen LogP contribution < -0.4 is 10.1 Å². The summed E-state index contributed by atoms with van der Waals surface area (Å²) in [6.07, 6.45) is 2.02. The number of rotatable bonds is 5. The summed E-state index contributed by atoms with van der Waals surface area (Å²) in [5.41, 5.74) is 0.171. The van der Waals surface area contributed by atoms with Crippen LogP contribution in [0.5, 0.6) is 5.75 Å². The minimum absolute atomic E-state index is 0.0270. The SMILES string of the molecule is CS[C@H]1CN(C(=O)Nc2ccc(OC(C)C)cc2F)C[C@H]1N(C)C. The van der Waals surface area contributed by atoms with Gasteiger partial charge >= 0.3 is 6.03 Å². The Morgan fingerprint density at radius 3 is 2.62 bits per heavy atom. The Balaban J connectivity index is 2.02. The lowest BCUT2D eigenvalue weighted by Crippen LogP contribution is -2.38. The van der Waals surface area contributed by atoms with E-state index < -0.39 is 5.82 Å². The lowest BCUT2D eigenvalue weighted by atomic mass is 10.2. The second kappa shape index (κ2) is 8.07. The van der Waals surface area contributed by atoms with Gasteiger partial charge in [0.15, 0.2) is 0 Å². The molecular formula is C17H26FN3O2S. The Morgan fingerprint density at radius 1 is 1.42 bits per heavy atom. The predicted molar refractivity (Wildman–Crippen MR) is 97.5 cm³/mol. The first-order chi connectivity index (χ1) is 11.3. The van der Waals surface area contributed by atoms with Crippen LogP contribution in [-0.4, -0.2) is 66.7 Å². The molecule has 1 fully saturated rings. The van der Waals surface area contributed by atoms with Crippen molar-refractivity contribution >= 4 is 23.5 Å². The number of nitrogens with zero attached hydrogens (tertiary/aromatic N) is 2. The maximum absolute atomic E-state index is 14.2. The average Bonchev–Trinajstić information content (AvgIpc) is 2.94. The van der Waals surface area contributed by atoms with E-state index in [1.54, 1.807) is 22.7 Å². The minimum Gasteiger partial charge on any atom is -0.491 e. The molecule has 1 aliphatic rings. The number of hydrogen-bond acceptors (Lipinski definition) is 4. The molecule has 0 aromatic heterocycles. The van der Waals surface area contributed by atoms with Crippen LogP contribution in [0.15, 0.2) is 18.2 Å². The number of thioether (sulfide) groups is 1. The van der Waals surface area contributed by atoms with E-state index in [4.69, 9.17) is 4.74 Å². The molecule has 0 spiro atoms. The number of hydrogen-bond donors (Lipinski definition) is 1. The zero-order chi connectivity index (χ0) is 17.9. The van der Waals surface area contributed by atoms with Gasteiger partial charge in [-0.1, -0.05) is 0 Å². The molecule has 1 aliphatic heterocycles. The van der Waals surface area contributed by atoms with Gasteiger partial charge in [-0.3, -0.25) is 0 Å². The third-order valence-corrected chi connectivity index (χ3v) is 5.11. The van der Waals surface area contributed by atoms with Crippen LogP contribution in [-0.2, 0) is 0 Å². The van der Waals surface area contributed by atoms with Crippen molar-refractivity contribution in [3.05, 3.63) is 24.0 Å². The van der Waals surface area contributed by atoms with E-state index in [0.717, 1.165) is 0 Å². The molecule has 0 bridgehead atoms. The van der Waals surface area contributed by atoms with Gasteiger partial charge < -0.3 is 19.9 Å². The van der Waals surface area contributed by atoms with Crippen LogP contribution in [0.2, 0.25) is 0 Å². The van der Waals surface area contributed by atoms with Crippen molar-refractivity contribution in [2.24, 2.45) is 0 Å². The van der Waals surface area contributed by atoms with Crippen molar-refractivity contribution in [2.75, 3.05) is 38.8 Å². The zero-order valence-electron chi connectivity index (χ0n) is 14.9. The second-order valence-electron chi connectivity index (χ2n) is 6.45. The summed E-state index contributed by atoms with van der Waals surface area (Å²) >= 11 is 1.75. The third-order valence-electron chi connectivity index (χ3n) is 4.04. The van der Waals surface area contributed by atoms with Crippen molar-refractivity contribution in [3.8, 4) is 5.75 Å². The number of amides is 2. The average molecular weight is 355 g/mol. The van der Waals surface area contributed by atoms with Gasteiger partial charge in [-0.25, -0.2) is 9.18 Å². The molecule has 7 heteroatoms. The fraction of sp³-hybridized carbons (Fsp3) is 0.588. The van der Waals surface area contributed by atoms with E-state index in [1.165, 1.54) is 12.1 Å². The first-order valence-corrected chi connectivity index (χ1v) is 9.32. The minimum atomic E-state index is -0.494. The first kappa shape index (κ1) is 18.9. The molecule has 0 saturated carbocycles. The van der Waals surface area contributed by atoms with E-state index in [0.29, 0.717) is 30.1 Å². The number of ether oxygens (including phenoxy) is 1. The molecule has 1 aromatic rings. The largest absolute Gasteiger partial charge is 0.491 e. The number of urea groups is 1. The summed E-state index contributed by atoms with van der Waals surface area (Å²) in [5, 5.41) is 3.02. The molecule has 1 saturated heterocycles. The van der Waals surface area contributed by atoms with Gasteiger partial charge in [-0.15, -0.1) is 0 Å². The normalized spacial score (nSPS) is 20.8. The monoisotopic (exact) mass is 355 g/mol. The summed E-state index contributed by atoms with van der Waals surface area (Å²) in [4.78, 5) is 16.3. The van der Waals surface area contributed by atoms with Crippen LogP contribution in [0.1, 0.15) is 13.8 Å². The molecule has 1 aromatic carbocycles. The molecule has 2 amide bonds. The van der Waals surface area contributed by atoms with Gasteiger partial charge in [0.05, 0.1) is 11.8 Å². The summed E-state index contributed by atoms with van der Waals surface area (Å²) in [5.74, 6) is -0.0388. The van der Waals surface area contributed by atoms with Gasteiger partial charge in [-0.05, 0) is 46.3 Å². The smallest absolute Gasteiger partial charge is 0.322 e. The van der Waals surface area contributed by atoms with E-state index in [9.17, 15) is 9.18 Å². The van der Waals surface area contributed by atoms with E-state index >= 15 is 0 Å². The van der Waals surface area contributed by atoms with Gasteiger partial charge in [0, 0.05) is 30.4 Å². The van der Waals surface area contributed by atoms with Crippen LogP contribution in [0.25, 0.3) is 0 Å². The highest BCUT2D eigenvalue weighted by Gasteiger charge is 2.36. The summed E-state index contributed by atoms with van der Waals surface area (Å²) in [6, 6.07) is 4.53. The molecule has 0 unspecified atom stereocenters. The third kappa shape index (κ3) is 4.54. The van der Waals surface area contributed by atoms with Crippen molar-refractivity contribution in [2.45, 2.75) is 31.2 Å². The molecule has 134 valence electrons. The Kier molecular flexibility index (Phi) is 6.34. The fourth-order valence-electron chi connectivity index (χ4n) is 2.79. The highest BCUT2D eigenvalue weighted by Crippen LogP contribution is 2.26. The molecule has 5 nitrogen and oxygen atoms in total. The maximum Gasteiger partial charge on any atom is 0.322 e. The van der Waals surface area contributed by atoms with Gasteiger partial charge in [0.25, 0.3) is 0 Å². The Labute approximate surface area is 147 Å². The Hall–Kier alpha value is -1.47. The highest BCUT2D eigenvalue weighted by molar-refractivity contribution is 7.99. The standard InChI is InChI=1S/C17H26FN3O2S/c1-11(2)23-12-6-7-14(13(18)8-12)19-17(22)21-9-15(20(3)4)16(10-21)24-5/h6-8,11,15-16H,9-10H2,1-5H3,(H,19,22)/t15-,16+/m1/s1. The molecule has 24 heavy (non-hydrogen) atoms. The van der Waals surface area contributed by atoms with Crippen molar-refractivity contribution < 1.29 is 13.9 Å². The number of carbonyl (C=O) groups is 1. The van der Waals surface area contributed by atoms with Crippen molar-refractivity contribution in [1.82, 2.24) is 9.80 Å². The second-order valence-corrected chi connectivity index (χ2v) is 7.53. The van der Waals surface area contributed by atoms with Gasteiger partial charge in [0.2, 0.25) is 0 Å². The number of nitrogens with one attached hydrogen (secondary N) is 1. The van der Waals surface area contributed by atoms with Gasteiger partial charge in [-0.2, -0.15) is 11.8 Å². The molecule has 1 heterocycles.